The van der Waals surface area contributed by atoms with E-state index in [0.717, 1.165) is 0 Å². The molecule has 0 saturated carbocycles. The first-order valence-corrected chi connectivity index (χ1v) is 4.97. The lowest BCUT2D eigenvalue weighted by atomic mass is 10.3. The Bertz CT molecular complexity index is 246. The van der Waals surface area contributed by atoms with Crippen molar-refractivity contribution in [2.24, 2.45) is 0 Å². The van der Waals surface area contributed by atoms with E-state index in [-0.39, 0.29) is 18.5 Å². The summed E-state index contributed by atoms with van der Waals surface area (Å²) in [6.45, 7) is -0.0668. The first-order valence-electron chi connectivity index (χ1n) is 3.85. The van der Waals surface area contributed by atoms with Crippen LogP contribution in [-0.4, -0.2) is 23.1 Å². The Hall–Kier alpha value is -0.610. The Morgan fingerprint density at radius 2 is 2.00 bits per heavy atom. The molecule has 0 amide bonds. The fourth-order valence-corrected chi connectivity index (χ4v) is 1.16. The quantitative estimate of drug-likeness (QED) is 0.826. The molecule has 4 heteroatoms. The molecular formula is C9H10BrFO2. The number of benzene rings is 1. The normalized spacial score (nSPS) is 12.5. The third-order valence-electron chi connectivity index (χ3n) is 1.49. The Morgan fingerprint density at radius 1 is 1.38 bits per heavy atom. The zero-order valence-electron chi connectivity index (χ0n) is 6.91. The summed E-state index contributed by atoms with van der Waals surface area (Å²) < 4.78 is 17.8. The number of ether oxygens (including phenoxy) is 1. The highest BCUT2D eigenvalue weighted by Crippen LogP contribution is 2.13. The van der Waals surface area contributed by atoms with E-state index in [4.69, 9.17) is 9.84 Å². The second-order valence-electron chi connectivity index (χ2n) is 2.53. The summed E-state index contributed by atoms with van der Waals surface area (Å²) in [5, 5.41) is 9.36. The molecule has 0 aliphatic rings. The van der Waals surface area contributed by atoms with Gasteiger partial charge in [-0.1, -0.05) is 15.9 Å². The molecule has 0 saturated heterocycles. The molecule has 0 spiro atoms. The molecule has 1 atom stereocenters. The van der Waals surface area contributed by atoms with E-state index in [2.05, 4.69) is 15.9 Å². The number of hydrogen-bond donors (Lipinski definition) is 1. The summed E-state index contributed by atoms with van der Waals surface area (Å²) in [4.78, 5) is 0. The van der Waals surface area contributed by atoms with Gasteiger partial charge in [-0.15, -0.1) is 0 Å². The van der Waals surface area contributed by atoms with Crippen molar-refractivity contribution in [1.29, 1.82) is 0 Å². The number of aliphatic hydroxyl groups is 1. The number of rotatable bonds is 4. The van der Waals surface area contributed by atoms with Crippen LogP contribution in [0.4, 0.5) is 4.39 Å². The maximum atomic E-state index is 12.5. The van der Waals surface area contributed by atoms with Gasteiger partial charge >= 0.3 is 0 Å². The van der Waals surface area contributed by atoms with Crippen molar-refractivity contribution in [3.63, 3.8) is 0 Å². The molecule has 1 aromatic rings. The number of aliphatic hydroxyl groups excluding tert-OH is 1. The van der Waals surface area contributed by atoms with Crippen LogP contribution in [0.1, 0.15) is 0 Å². The fourth-order valence-electron chi connectivity index (χ4n) is 0.823. The van der Waals surface area contributed by atoms with Gasteiger partial charge in [0.15, 0.2) is 0 Å². The topological polar surface area (TPSA) is 29.5 Å². The lowest BCUT2D eigenvalue weighted by Gasteiger charge is -2.13. The van der Waals surface area contributed by atoms with E-state index >= 15 is 0 Å². The van der Waals surface area contributed by atoms with Gasteiger partial charge in [-0.05, 0) is 24.3 Å². The predicted octanol–water partition coefficient (Wildman–Crippen LogP) is 1.96. The molecule has 0 aliphatic carbocycles. The predicted molar refractivity (Wildman–Crippen MR) is 51.7 cm³/mol. The van der Waals surface area contributed by atoms with Crippen LogP contribution in [0.3, 0.4) is 0 Å². The summed E-state index contributed by atoms with van der Waals surface area (Å²) >= 11 is 3.19. The summed E-state index contributed by atoms with van der Waals surface area (Å²) in [6, 6.07) is 5.69. The second-order valence-corrected chi connectivity index (χ2v) is 3.18. The van der Waals surface area contributed by atoms with Gasteiger partial charge in [0.25, 0.3) is 0 Å². The molecule has 1 aromatic carbocycles. The standard InChI is InChI=1S/C9H10BrFO2/c10-5-9(6-12)13-8-3-1-7(11)2-4-8/h1-4,9,12H,5-6H2. The average Bonchev–Trinajstić information content (AvgIpc) is 2.17. The highest BCUT2D eigenvalue weighted by Gasteiger charge is 2.06. The molecule has 1 unspecified atom stereocenters. The summed E-state index contributed by atoms with van der Waals surface area (Å²) in [6.07, 6.45) is -0.287. The van der Waals surface area contributed by atoms with Crippen molar-refractivity contribution >= 4 is 15.9 Å². The first-order chi connectivity index (χ1) is 6.26. The van der Waals surface area contributed by atoms with Crippen molar-refractivity contribution < 1.29 is 14.2 Å². The van der Waals surface area contributed by atoms with Gasteiger partial charge in [-0.3, -0.25) is 0 Å². The Kier molecular flexibility index (Phi) is 4.18. The molecular weight excluding hydrogens is 239 g/mol. The van der Waals surface area contributed by atoms with Gasteiger partial charge in [-0.2, -0.15) is 0 Å². The van der Waals surface area contributed by atoms with Crippen molar-refractivity contribution in [3.8, 4) is 5.75 Å². The van der Waals surface area contributed by atoms with Crippen LogP contribution in [-0.2, 0) is 0 Å². The van der Waals surface area contributed by atoms with Gasteiger partial charge < -0.3 is 9.84 Å². The number of hydrogen-bond acceptors (Lipinski definition) is 2. The number of alkyl halides is 1. The van der Waals surface area contributed by atoms with Crippen LogP contribution in [0.15, 0.2) is 24.3 Å². The van der Waals surface area contributed by atoms with Gasteiger partial charge in [0.05, 0.1) is 6.61 Å². The lowest BCUT2D eigenvalue weighted by Crippen LogP contribution is -2.22. The van der Waals surface area contributed by atoms with Crippen LogP contribution < -0.4 is 4.74 Å². The largest absolute Gasteiger partial charge is 0.487 e. The van der Waals surface area contributed by atoms with Crippen LogP contribution >= 0.6 is 15.9 Å². The Morgan fingerprint density at radius 3 is 2.46 bits per heavy atom. The zero-order valence-corrected chi connectivity index (χ0v) is 8.50. The molecule has 0 aliphatic heterocycles. The second kappa shape index (κ2) is 5.19. The van der Waals surface area contributed by atoms with Crippen molar-refractivity contribution in [2.45, 2.75) is 6.10 Å². The maximum absolute atomic E-state index is 12.5. The molecule has 2 nitrogen and oxygen atoms in total. The van der Waals surface area contributed by atoms with Crippen LogP contribution in [0.5, 0.6) is 5.75 Å². The van der Waals surface area contributed by atoms with E-state index in [0.29, 0.717) is 11.1 Å². The van der Waals surface area contributed by atoms with Gasteiger partial charge in [-0.25, -0.2) is 4.39 Å². The number of halogens is 2. The molecule has 0 aromatic heterocycles. The Labute approximate surface area is 84.5 Å². The van der Waals surface area contributed by atoms with Gasteiger partial charge in [0, 0.05) is 5.33 Å². The molecule has 1 N–H and O–H groups in total. The maximum Gasteiger partial charge on any atom is 0.131 e. The highest BCUT2D eigenvalue weighted by molar-refractivity contribution is 9.09. The monoisotopic (exact) mass is 248 g/mol. The van der Waals surface area contributed by atoms with Crippen LogP contribution in [0, 0.1) is 5.82 Å². The molecule has 72 valence electrons. The SMILES string of the molecule is OCC(CBr)Oc1ccc(F)cc1. The van der Waals surface area contributed by atoms with Crippen molar-refractivity contribution in [1.82, 2.24) is 0 Å². The molecule has 13 heavy (non-hydrogen) atoms. The molecule has 1 rings (SSSR count). The molecule has 0 heterocycles. The van der Waals surface area contributed by atoms with E-state index in [1.807, 2.05) is 0 Å². The van der Waals surface area contributed by atoms with Crippen LogP contribution in [0.2, 0.25) is 0 Å². The van der Waals surface area contributed by atoms with Crippen molar-refractivity contribution in [2.75, 3.05) is 11.9 Å². The van der Waals surface area contributed by atoms with Gasteiger partial charge in [0.2, 0.25) is 0 Å². The first kappa shape index (κ1) is 10.5. The fraction of sp³-hybridized carbons (Fsp3) is 0.333. The molecule has 0 fully saturated rings. The lowest BCUT2D eigenvalue weighted by molar-refractivity contribution is 0.134. The molecule has 0 radical (unpaired) electrons. The van der Waals surface area contributed by atoms with E-state index in [1.165, 1.54) is 24.3 Å². The van der Waals surface area contributed by atoms with E-state index < -0.39 is 0 Å². The third kappa shape index (κ3) is 3.32. The summed E-state index contributed by atoms with van der Waals surface area (Å²) in [7, 11) is 0. The molecule has 0 bridgehead atoms. The highest BCUT2D eigenvalue weighted by atomic mass is 79.9. The Balaban J connectivity index is 2.58. The van der Waals surface area contributed by atoms with E-state index in [1.54, 1.807) is 0 Å². The summed E-state index contributed by atoms with van der Waals surface area (Å²) in [5.41, 5.74) is 0. The summed E-state index contributed by atoms with van der Waals surface area (Å²) in [5.74, 6) is 0.256. The van der Waals surface area contributed by atoms with E-state index in [9.17, 15) is 4.39 Å². The third-order valence-corrected chi connectivity index (χ3v) is 2.21. The average molecular weight is 249 g/mol. The zero-order chi connectivity index (χ0) is 9.68. The smallest absolute Gasteiger partial charge is 0.131 e. The van der Waals surface area contributed by atoms with Gasteiger partial charge in [0.1, 0.15) is 17.7 Å². The minimum absolute atomic E-state index is 0.0668. The minimum Gasteiger partial charge on any atom is -0.487 e. The van der Waals surface area contributed by atoms with Crippen LogP contribution in [0.25, 0.3) is 0 Å². The van der Waals surface area contributed by atoms with Crippen molar-refractivity contribution in [3.05, 3.63) is 30.1 Å². The minimum atomic E-state index is -0.299.